The van der Waals surface area contributed by atoms with E-state index in [1.807, 2.05) is 6.08 Å². The molecule has 2 atom stereocenters. The SMILES string of the molecule is CCCCCCCCCCCCCCCCCCCC/C=C/C(O)C(CO)NC(=O)CCCCCCCCCCCCCCCCCCCCCCCCOC(=O)CCCCCCCCCCCCCCCCC. The van der Waals surface area contributed by atoms with E-state index in [4.69, 9.17) is 4.74 Å². The van der Waals surface area contributed by atoms with Gasteiger partial charge in [-0.15, -0.1) is 0 Å². The topological polar surface area (TPSA) is 95.9 Å². The lowest BCUT2D eigenvalue weighted by Crippen LogP contribution is -2.45. The van der Waals surface area contributed by atoms with E-state index in [2.05, 4.69) is 19.2 Å². The van der Waals surface area contributed by atoms with Gasteiger partial charge in [-0.1, -0.05) is 353 Å². The van der Waals surface area contributed by atoms with Crippen LogP contribution in [-0.2, 0) is 14.3 Å². The summed E-state index contributed by atoms with van der Waals surface area (Å²) in [5.41, 5.74) is 0. The molecule has 6 nitrogen and oxygen atoms in total. The van der Waals surface area contributed by atoms with Crippen molar-refractivity contribution in [2.75, 3.05) is 13.2 Å². The van der Waals surface area contributed by atoms with Crippen LogP contribution in [0.3, 0.4) is 0 Å². The van der Waals surface area contributed by atoms with Crippen LogP contribution in [0.15, 0.2) is 12.2 Å². The number of nitrogens with one attached hydrogen (secondary N) is 1. The molecule has 0 aromatic carbocycles. The summed E-state index contributed by atoms with van der Waals surface area (Å²) in [4.78, 5) is 24.6. The Balaban J connectivity index is 3.39. The number of rotatable bonds is 64. The lowest BCUT2D eigenvalue weighted by Gasteiger charge is -2.20. The fourth-order valence-electron chi connectivity index (χ4n) is 10.9. The number of esters is 1. The maximum Gasteiger partial charge on any atom is 0.305 e. The second-order valence-electron chi connectivity index (χ2n) is 23.5. The van der Waals surface area contributed by atoms with Crippen LogP contribution >= 0.6 is 0 Å². The highest BCUT2D eigenvalue weighted by molar-refractivity contribution is 5.76. The van der Waals surface area contributed by atoms with Crippen molar-refractivity contribution in [3.05, 3.63) is 12.2 Å². The number of hydrogen-bond acceptors (Lipinski definition) is 5. The van der Waals surface area contributed by atoms with Crippen LogP contribution in [0.5, 0.6) is 0 Å². The van der Waals surface area contributed by atoms with E-state index in [-0.39, 0.29) is 18.5 Å². The zero-order valence-electron chi connectivity index (χ0n) is 50.4. The summed E-state index contributed by atoms with van der Waals surface area (Å²) in [6, 6.07) is -0.628. The van der Waals surface area contributed by atoms with E-state index in [0.29, 0.717) is 19.4 Å². The van der Waals surface area contributed by atoms with E-state index in [1.54, 1.807) is 6.08 Å². The third-order valence-corrected chi connectivity index (χ3v) is 16.1. The van der Waals surface area contributed by atoms with Gasteiger partial charge in [0.1, 0.15) is 0 Å². The standard InChI is InChI=1S/C68H133NO5/c1-3-5-7-9-11-13-15-17-19-20-21-26-29-33-36-40-44-48-52-56-60-66(71)65(64-70)69-67(72)61-57-53-49-45-41-37-34-30-27-24-22-23-25-28-31-35-39-43-47-51-55-59-63-74-68(73)62-58-54-50-46-42-38-32-18-16-14-12-10-8-6-4-2/h56,60,65-66,70-71H,3-55,57-59,61-64H2,1-2H3,(H,69,72)/b60-56+. The molecule has 0 rings (SSSR count). The number of carbonyl (C=O) groups is 2. The molecule has 6 heteroatoms. The maximum absolute atomic E-state index is 12.5. The minimum atomic E-state index is -0.845. The van der Waals surface area contributed by atoms with Crippen molar-refractivity contribution in [3.63, 3.8) is 0 Å². The molecule has 0 saturated heterocycles. The summed E-state index contributed by atoms with van der Waals surface area (Å²) < 4.78 is 5.50. The Morgan fingerprint density at radius 3 is 0.919 bits per heavy atom. The van der Waals surface area contributed by atoms with Gasteiger partial charge in [-0.2, -0.15) is 0 Å². The highest BCUT2D eigenvalue weighted by Crippen LogP contribution is 2.19. The van der Waals surface area contributed by atoms with Gasteiger partial charge in [0.15, 0.2) is 0 Å². The molecule has 0 spiro atoms. The Labute approximate surface area is 463 Å². The highest BCUT2D eigenvalue weighted by Gasteiger charge is 2.18. The summed E-state index contributed by atoms with van der Waals surface area (Å²) >= 11 is 0. The number of allylic oxidation sites excluding steroid dienone is 1. The summed E-state index contributed by atoms with van der Waals surface area (Å²) in [5.74, 6) is -0.0473. The van der Waals surface area contributed by atoms with Crippen molar-refractivity contribution >= 4 is 11.9 Å². The van der Waals surface area contributed by atoms with Gasteiger partial charge in [-0.05, 0) is 32.1 Å². The first-order valence-electron chi connectivity index (χ1n) is 34.0. The number of amides is 1. The van der Waals surface area contributed by atoms with Crippen molar-refractivity contribution in [2.24, 2.45) is 0 Å². The average molecular weight is 1040 g/mol. The summed E-state index contributed by atoms with van der Waals surface area (Å²) in [6.45, 7) is 4.95. The Morgan fingerprint density at radius 2 is 0.622 bits per heavy atom. The molecular formula is C68H133NO5. The van der Waals surface area contributed by atoms with Crippen molar-refractivity contribution in [1.29, 1.82) is 0 Å². The fourth-order valence-corrected chi connectivity index (χ4v) is 10.9. The monoisotopic (exact) mass is 1040 g/mol. The molecule has 0 bridgehead atoms. The van der Waals surface area contributed by atoms with E-state index >= 15 is 0 Å². The molecule has 0 saturated carbocycles. The molecule has 0 fully saturated rings. The largest absolute Gasteiger partial charge is 0.466 e. The summed E-state index contributed by atoms with van der Waals surface area (Å²) in [7, 11) is 0. The molecule has 0 aliphatic rings. The second kappa shape index (κ2) is 64.1. The quantitative estimate of drug-likeness (QED) is 0.0320. The molecule has 2 unspecified atom stereocenters. The molecule has 74 heavy (non-hydrogen) atoms. The van der Waals surface area contributed by atoms with Crippen LogP contribution in [0.2, 0.25) is 0 Å². The van der Waals surface area contributed by atoms with Crippen LogP contribution in [-0.4, -0.2) is 47.4 Å². The van der Waals surface area contributed by atoms with Gasteiger partial charge >= 0.3 is 5.97 Å². The Kier molecular flexibility index (Phi) is 62.9. The lowest BCUT2D eigenvalue weighted by molar-refractivity contribution is -0.143. The first-order valence-corrected chi connectivity index (χ1v) is 34.0. The smallest absolute Gasteiger partial charge is 0.305 e. The molecule has 0 aromatic heterocycles. The number of hydrogen-bond donors (Lipinski definition) is 3. The van der Waals surface area contributed by atoms with Crippen LogP contribution in [0.1, 0.15) is 386 Å². The third-order valence-electron chi connectivity index (χ3n) is 16.1. The van der Waals surface area contributed by atoms with E-state index < -0.39 is 12.1 Å². The maximum atomic E-state index is 12.5. The number of aliphatic hydroxyl groups is 2. The van der Waals surface area contributed by atoms with E-state index in [9.17, 15) is 19.8 Å². The van der Waals surface area contributed by atoms with Crippen molar-refractivity contribution in [1.82, 2.24) is 5.32 Å². The molecule has 3 N–H and O–H groups in total. The Morgan fingerprint density at radius 1 is 0.365 bits per heavy atom. The fraction of sp³-hybridized carbons (Fsp3) is 0.941. The van der Waals surface area contributed by atoms with Gasteiger partial charge in [0.2, 0.25) is 5.91 Å². The molecule has 0 aromatic rings. The minimum Gasteiger partial charge on any atom is -0.466 e. The van der Waals surface area contributed by atoms with Crippen molar-refractivity contribution < 1.29 is 24.5 Å². The van der Waals surface area contributed by atoms with Gasteiger partial charge < -0.3 is 20.3 Å². The third kappa shape index (κ3) is 59.8. The average Bonchev–Trinajstić information content (AvgIpc) is 3.40. The minimum absolute atomic E-state index is 0.0166. The summed E-state index contributed by atoms with van der Waals surface area (Å²) in [5, 5.41) is 23.2. The van der Waals surface area contributed by atoms with Gasteiger partial charge in [0.05, 0.1) is 25.4 Å². The predicted octanol–water partition coefficient (Wildman–Crippen LogP) is 21.6. The Bertz CT molecular complexity index is 1110. The number of ether oxygens (including phenoxy) is 1. The van der Waals surface area contributed by atoms with Gasteiger partial charge in [-0.25, -0.2) is 0 Å². The normalized spacial score (nSPS) is 12.5. The zero-order valence-corrected chi connectivity index (χ0v) is 50.4. The molecule has 440 valence electrons. The van der Waals surface area contributed by atoms with Crippen LogP contribution < -0.4 is 5.32 Å². The van der Waals surface area contributed by atoms with Gasteiger partial charge in [-0.3, -0.25) is 9.59 Å². The van der Waals surface area contributed by atoms with Crippen molar-refractivity contribution in [3.8, 4) is 0 Å². The number of carbonyl (C=O) groups excluding carboxylic acids is 2. The lowest BCUT2D eigenvalue weighted by atomic mass is 10.0. The highest BCUT2D eigenvalue weighted by atomic mass is 16.5. The molecule has 0 aliphatic heterocycles. The van der Waals surface area contributed by atoms with Crippen LogP contribution in [0.4, 0.5) is 0 Å². The van der Waals surface area contributed by atoms with Crippen LogP contribution in [0, 0.1) is 0 Å². The second-order valence-corrected chi connectivity index (χ2v) is 23.5. The zero-order chi connectivity index (χ0) is 53.6. The van der Waals surface area contributed by atoms with E-state index in [1.165, 1.54) is 321 Å². The molecule has 0 heterocycles. The number of unbranched alkanes of at least 4 members (excludes halogenated alkanes) is 53. The Hall–Kier alpha value is -1.40. The molecule has 0 aliphatic carbocycles. The predicted molar refractivity (Wildman–Crippen MR) is 324 cm³/mol. The van der Waals surface area contributed by atoms with Crippen LogP contribution in [0.25, 0.3) is 0 Å². The van der Waals surface area contributed by atoms with Crippen molar-refractivity contribution in [2.45, 2.75) is 398 Å². The molecule has 0 radical (unpaired) electrons. The first kappa shape index (κ1) is 72.6. The van der Waals surface area contributed by atoms with Gasteiger partial charge in [0.25, 0.3) is 0 Å². The number of aliphatic hydroxyl groups excluding tert-OH is 2. The van der Waals surface area contributed by atoms with E-state index in [0.717, 1.165) is 38.5 Å². The summed E-state index contributed by atoms with van der Waals surface area (Å²) in [6.07, 6.45) is 78.4. The molecule has 1 amide bonds. The van der Waals surface area contributed by atoms with Gasteiger partial charge in [0, 0.05) is 12.8 Å². The molecular weight excluding hydrogens is 911 g/mol. The first-order chi connectivity index (χ1) is 36.5.